The summed E-state index contributed by atoms with van der Waals surface area (Å²) in [5, 5.41) is 33.8. The molecule has 14 heteroatoms. The summed E-state index contributed by atoms with van der Waals surface area (Å²) in [4.78, 5) is 71.8. The molecule has 0 radical (unpaired) electrons. The number of cyclic esters (lactones) is 1. The standard InChI is InChI=1S/C51H79NO13/c1-30-16-12-11-13-17-31(2)42(61-8)28-38-21-19-36(7)51(60,65-38)48(57)49(58)52-23-15-14-18-39(52)50(59)64-43(33(4)26-37-20-22-40(53)44(27-37)62-9)29-41(54)32(3)25-35(6)46(56)47(63-10)45(55)34(5)24-30/h11-13,16-17,25,30,32-34,36-40,42-44,46-47,53,56,60H,14-15,18-24,26-29H2,1-10H3/b13-11+,16-12+,31-17+,35-25+/t30-,32-,33-,34-,36-,37+,38?,39?,40?,42+,43+,44-,46-,47+,51-/m1/s1. The molecule has 2 saturated heterocycles. The molecule has 65 heavy (non-hydrogen) atoms. The molecule has 1 saturated carbocycles. The average molecular weight is 914 g/mol. The molecule has 14 nitrogen and oxygen atoms in total. The van der Waals surface area contributed by atoms with Crippen LogP contribution in [0.15, 0.2) is 47.6 Å². The number of nitrogens with zero attached hydrogens (tertiary/aromatic N) is 1. The molecule has 3 N–H and O–H groups in total. The van der Waals surface area contributed by atoms with E-state index in [0.717, 1.165) is 12.0 Å². The van der Waals surface area contributed by atoms with E-state index in [2.05, 4.69) is 0 Å². The maximum atomic E-state index is 14.4. The van der Waals surface area contributed by atoms with E-state index in [9.17, 15) is 39.3 Å². The molecule has 1 aliphatic carbocycles. The van der Waals surface area contributed by atoms with Crippen LogP contribution in [0.1, 0.15) is 126 Å². The SMILES string of the molecule is CO[C@H]1CC2CC[C@@H](C)[C@@](O)(O2)C(=O)C(=O)N2CCCCC2C(=O)O[C@H]([C@H](C)C[C@@H]2CCC(O)[C@H](OC)C2)CC(=O)[C@H](C)/C=C(\C)[C@@H](O)[C@@H](OC)C(=O)[C@H](C)C[C@H](C)/C=C/C=C/C=C/1C. The Morgan fingerprint density at radius 2 is 1.57 bits per heavy atom. The molecular formula is C51H79NO13. The van der Waals surface area contributed by atoms with Gasteiger partial charge in [-0.05, 0) is 107 Å². The molecule has 2 bridgehead atoms. The van der Waals surface area contributed by atoms with Crippen LogP contribution in [0, 0.1) is 35.5 Å². The minimum Gasteiger partial charge on any atom is -0.460 e. The van der Waals surface area contributed by atoms with Crippen molar-refractivity contribution in [2.75, 3.05) is 27.9 Å². The Morgan fingerprint density at radius 3 is 2.25 bits per heavy atom. The van der Waals surface area contributed by atoms with Crippen LogP contribution < -0.4 is 0 Å². The number of piperidine rings is 1. The molecule has 3 aliphatic heterocycles. The molecule has 3 unspecified atom stereocenters. The average Bonchev–Trinajstić information content (AvgIpc) is 3.28. The van der Waals surface area contributed by atoms with Gasteiger partial charge in [-0.1, -0.05) is 71.1 Å². The zero-order chi connectivity index (χ0) is 48.2. The number of allylic oxidation sites excluding steroid dienone is 6. The highest BCUT2D eigenvalue weighted by Crippen LogP contribution is 2.38. The zero-order valence-electron chi connectivity index (χ0n) is 40.6. The number of Topliss-reactive ketones (excluding diaryl/α,β-unsaturated/α-hetero) is 3. The number of amides is 1. The highest BCUT2D eigenvalue weighted by molar-refractivity contribution is 6.39. The fourth-order valence-electron chi connectivity index (χ4n) is 10.1. The van der Waals surface area contributed by atoms with Gasteiger partial charge >= 0.3 is 5.97 Å². The van der Waals surface area contributed by atoms with Crippen LogP contribution in [0.3, 0.4) is 0 Å². The van der Waals surface area contributed by atoms with E-state index in [1.807, 2.05) is 58.1 Å². The second kappa shape index (κ2) is 25.1. The summed E-state index contributed by atoms with van der Waals surface area (Å²) >= 11 is 0. The van der Waals surface area contributed by atoms with Crippen LogP contribution in [-0.4, -0.2) is 132 Å². The molecule has 0 aromatic carbocycles. The van der Waals surface area contributed by atoms with Crippen LogP contribution in [0.2, 0.25) is 0 Å². The van der Waals surface area contributed by atoms with E-state index in [4.69, 9.17) is 23.7 Å². The van der Waals surface area contributed by atoms with Gasteiger partial charge in [0.15, 0.2) is 5.78 Å². The highest BCUT2D eigenvalue weighted by Gasteiger charge is 2.53. The first-order valence-electron chi connectivity index (χ1n) is 23.9. The molecule has 3 fully saturated rings. The summed E-state index contributed by atoms with van der Waals surface area (Å²) in [5.74, 6) is -7.96. The molecular weight excluding hydrogens is 835 g/mol. The van der Waals surface area contributed by atoms with Gasteiger partial charge in [-0.3, -0.25) is 19.2 Å². The normalized spacial score (nSPS) is 40.4. The topological polar surface area (TPSA) is 195 Å². The summed E-state index contributed by atoms with van der Waals surface area (Å²) in [5.41, 5.74) is 1.27. The lowest BCUT2D eigenvalue weighted by Gasteiger charge is -2.42. The first kappa shape index (κ1) is 54.2. The van der Waals surface area contributed by atoms with E-state index in [0.29, 0.717) is 63.4 Å². The number of hydrogen-bond donors (Lipinski definition) is 3. The second-order valence-electron chi connectivity index (χ2n) is 19.6. The van der Waals surface area contributed by atoms with Crippen LogP contribution in [0.25, 0.3) is 0 Å². The number of aliphatic hydroxyl groups excluding tert-OH is 2. The summed E-state index contributed by atoms with van der Waals surface area (Å²) in [7, 11) is 4.52. The molecule has 366 valence electrons. The Hall–Kier alpha value is -3.37. The lowest BCUT2D eigenvalue weighted by molar-refractivity contribution is -0.265. The zero-order valence-corrected chi connectivity index (χ0v) is 40.6. The van der Waals surface area contributed by atoms with E-state index >= 15 is 0 Å². The molecule has 15 atom stereocenters. The van der Waals surface area contributed by atoms with Crippen LogP contribution in [0.4, 0.5) is 0 Å². The number of methoxy groups -OCH3 is 3. The van der Waals surface area contributed by atoms with Crippen molar-refractivity contribution in [3.8, 4) is 0 Å². The number of ether oxygens (including phenoxy) is 5. The Morgan fingerprint density at radius 1 is 0.846 bits per heavy atom. The molecule has 3 heterocycles. The third-order valence-electron chi connectivity index (χ3n) is 14.5. The lowest BCUT2D eigenvalue weighted by Crippen LogP contribution is -2.61. The number of aliphatic hydroxyl groups is 3. The third kappa shape index (κ3) is 14.3. The lowest BCUT2D eigenvalue weighted by atomic mass is 9.78. The summed E-state index contributed by atoms with van der Waals surface area (Å²) < 4.78 is 29.4. The van der Waals surface area contributed by atoms with Crippen molar-refractivity contribution in [2.24, 2.45) is 35.5 Å². The van der Waals surface area contributed by atoms with Gasteiger partial charge in [0.05, 0.1) is 24.4 Å². The summed E-state index contributed by atoms with van der Waals surface area (Å²) in [6.07, 6.45) is 11.2. The van der Waals surface area contributed by atoms with E-state index in [-0.39, 0.29) is 54.8 Å². The third-order valence-corrected chi connectivity index (χ3v) is 14.5. The van der Waals surface area contributed by atoms with Crippen LogP contribution in [0.5, 0.6) is 0 Å². The number of hydrogen-bond acceptors (Lipinski definition) is 13. The van der Waals surface area contributed by atoms with Gasteiger partial charge in [-0.15, -0.1) is 0 Å². The molecule has 4 rings (SSSR count). The fraction of sp³-hybridized carbons (Fsp3) is 0.745. The largest absolute Gasteiger partial charge is 0.460 e. The van der Waals surface area contributed by atoms with E-state index in [1.54, 1.807) is 41.1 Å². The first-order valence-corrected chi connectivity index (χ1v) is 23.9. The van der Waals surface area contributed by atoms with Gasteiger partial charge < -0.3 is 43.9 Å². The number of carbonyl (C=O) groups excluding carboxylic acids is 5. The highest BCUT2D eigenvalue weighted by atomic mass is 16.6. The number of fused-ring (bicyclic) bond motifs is 3. The number of rotatable bonds is 6. The van der Waals surface area contributed by atoms with Gasteiger partial charge in [-0.25, -0.2) is 4.79 Å². The number of esters is 1. The predicted octanol–water partition coefficient (Wildman–Crippen LogP) is 6.18. The van der Waals surface area contributed by atoms with Gasteiger partial charge in [0.25, 0.3) is 11.7 Å². The smallest absolute Gasteiger partial charge is 0.329 e. The van der Waals surface area contributed by atoms with Crippen LogP contribution in [-0.2, 0) is 47.7 Å². The Labute approximate surface area is 387 Å². The van der Waals surface area contributed by atoms with Crippen molar-refractivity contribution < 1.29 is 63.0 Å². The quantitative estimate of drug-likeness (QED) is 0.156. The minimum absolute atomic E-state index is 0.0193. The minimum atomic E-state index is -2.43. The maximum Gasteiger partial charge on any atom is 0.329 e. The van der Waals surface area contributed by atoms with Crippen molar-refractivity contribution in [3.63, 3.8) is 0 Å². The van der Waals surface area contributed by atoms with Crippen molar-refractivity contribution in [1.29, 1.82) is 0 Å². The number of ketones is 3. The summed E-state index contributed by atoms with van der Waals surface area (Å²) in [6.45, 7) is 12.7. The van der Waals surface area contributed by atoms with Crippen LogP contribution >= 0.6 is 0 Å². The number of carbonyl (C=O) groups is 5. The van der Waals surface area contributed by atoms with Gasteiger partial charge in [-0.2, -0.15) is 0 Å². The van der Waals surface area contributed by atoms with Crippen molar-refractivity contribution in [2.45, 2.75) is 180 Å². The molecule has 0 spiro atoms. The van der Waals surface area contributed by atoms with Gasteiger partial charge in [0.1, 0.15) is 30.1 Å². The summed E-state index contributed by atoms with van der Waals surface area (Å²) in [6, 6.07) is -1.14. The van der Waals surface area contributed by atoms with E-state index < -0.39 is 83.9 Å². The first-order chi connectivity index (χ1) is 30.7. The van der Waals surface area contributed by atoms with Gasteiger partial charge in [0.2, 0.25) is 5.79 Å². The monoisotopic (exact) mass is 914 g/mol. The van der Waals surface area contributed by atoms with Crippen molar-refractivity contribution in [3.05, 3.63) is 47.6 Å². The van der Waals surface area contributed by atoms with Gasteiger partial charge in [0, 0.05) is 58.5 Å². The van der Waals surface area contributed by atoms with E-state index in [1.165, 1.54) is 12.0 Å². The Kier molecular flexibility index (Phi) is 21.0. The van der Waals surface area contributed by atoms with Crippen molar-refractivity contribution in [1.82, 2.24) is 4.90 Å². The molecule has 0 aromatic heterocycles. The maximum absolute atomic E-state index is 14.4. The molecule has 4 aliphatic rings. The second-order valence-corrected chi connectivity index (χ2v) is 19.6. The van der Waals surface area contributed by atoms with Crippen molar-refractivity contribution >= 4 is 29.2 Å². The fourth-order valence-corrected chi connectivity index (χ4v) is 10.1. The molecule has 1 amide bonds. The Balaban J connectivity index is 1.70. The molecule has 0 aromatic rings. The Bertz CT molecular complexity index is 1760. The predicted molar refractivity (Wildman–Crippen MR) is 245 cm³/mol.